The number of carbonyl (C=O) groups is 3. The van der Waals surface area contributed by atoms with Crippen molar-refractivity contribution in [2.24, 2.45) is 7.05 Å². The number of benzene rings is 1. The fourth-order valence-corrected chi connectivity index (χ4v) is 2.56. The highest BCUT2D eigenvalue weighted by molar-refractivity contribution is 6.22. The van der Waals surface area contributed by atoms with Crippen molar-refractivity contribution in [3.8, 4) is 0 Å². The predicted octanol–water partition coefficient (Wildman–Crippen LogP) is 0.298. The van der Waals surface area contributed by atoms with Crippen LogP contribution in [0.15, 0.2) is 47.4 Å². The Labute approximate surface area is 137 Å². The summed E-state index contributed by atoms with van der Waals surface area (Å²) in [5.74, 6) is -1.47. The Morgan fingerprint density at radius 3 is 2.25 bits per heavy atom. The highest BCUT2D eigenvalue weighted by Crippen LogP contribution is 2.21. The first-order chi connectivity index (χ1) is 11.5. The van der Waals surface area contributed by atoms with E-state index in [1.54, 1.807) is 49.6 Å². The van der Waals surface area contributed by atoms with Gasteiger partial charge in [-0.1, -0.05) is 18.2 Å². The van der Waals surface area contributed by atoms with Crippen LogP contribution in [0.4, 0.5) is 0 Å². The fourth-order valence-electron chi connectivity index (χ4n) is 2.56. The van der Waals surface area contributed by atoms with Gasteiger partial charge in [0.15, 0.2) is 0 Å². The SMILES string of the molecule is Cn1cccc(CNC(=O)CN2C(=O)c3ccccc3C2=O)c1=O. The largest absolute Gasteiger partial charge is 0.350 e. The molecule has 122 valence electrons. The first kappa shape index (κ1) is 15.7. The summed E-state index contributed by atoms with van der Waals surface area (Å²) in [5.41, 5.74) is 0.814. The number of aryl methyl sites for hydroxylation is 1. The second-order valence-electron chi connectivity index (χ2n) is 5.47. The maximum absolute atomic E-state index is 12.2. The minimum absolute atomic E-state index is 0.0372. The maximum atomic E-state index is 12.2. The molecule has 2 aromatic rings. The van der Waals surface area contributed by atoms with Gasteiger partial charge in [-0.3, -0.25) is 24.1 Å². The lowest BCUT2D eigenvalue weighted by Crippen LogP contribution is -2.40. The monoisotopic (exact) mass is 325 g/mol. The number of pyridine rings is 1. The summed E-state index contributed by atoms with van der Waals surface area (Å²) >= 11 is 0. The molecule has 0 aliphatic carbocycles. The molecule has 3 amide bonds. The highest BCUT2D eigenvalue weighted by Gasteiger charge is 2.36. The Bertz CT molecular complexity index is 866. The van der Waals surface area contributed by atoms with Crippen LogP contribution in [0.3, 0.4) is 0 Å². The van der Waals surface area contributed by atoms with Gasteiger partial charge in [-0.05, 0) is 18.2 Å². The number of rotatable bonds is 4. The first-order valence-corrected chi connectivity index (χ1v) is 7.35. The number of amides is 3. The molecule has 1 aromatic carbocycles. The van der Waals surface area contributed by atoms with E-state index in [1.807, 2.05) is 0 Å². The highest BCUT2D eigenvalue weighted by atomic mass is 16.2. The average Bonchev–Trinajstić information content (AvgIpc) is 2.82. The molecule has 0 fully saturated rings. The molecule has 3 rings (SSSR count). The number of fused-ring (bicyclic) bond motifs is 1. The van der Waals surface area contributed by atoms with Crippen molar-refractivity contribution in [1.82, 2.24) is 14.8 Å². The standard InChI is InChI=1S/C17H15N3O4/c1-19-8-4-5-11(15(19)22)9-18-14(21)10-20-16(23)12-6-2-3-7-13(12)17(20)24/h2-8H,9-10H2,1H3,(H,18,21). The van der Waals surface area contributed by atoms with Crippen LogP contribution in [0, 0.1) is 0 Å². The molecule has 0 radical (unpaired) electrons. The third-order valence-corrected chi connectivity index (χ3v) is 3.86. The maximum Gasteiger partial charge on any atom is 0.262 e. The molecule has 0 bridgehead atoms. The lowest BCUT2D eigenvalue weighted by Gasteiger charge is -2.13. The van der Waals surface area contributed by atoms with E-state index >= 15 is 0 Å². The second-order valence-corrected chi connectivity index (χ2v) is 5.47. The number of aromatic nitrogens is 1. The molecule has 2 heterocycles. The Balaban J connectivity index is 1.66. The van der Waals surface area contributed by atoms with E-state index in [9.17, 15) is 19.2 Å². The van der Waals surface area contributed by atoms with Gasteiger partial charge in [0.1, 0.15) is 6.54 Å². The summed E-state index contributed by atoms with van der Waals surface area (Å²) in [6.45, 7) is -0.338. The molecule has 1 aliphatic heterocycles. The van der Waals surface area contributed by atoms with Crippen LogP contribution < -0.4 is 10.9 Å². The van der Waals surface area contributed by atoms with Gasteiger partial charge in [0.05, 0.1) is 11.1 Å². The molecule has 1 N–H and O–H groups in total. The minimum Gasteiger partial charge on any atom is -0.350 e. The Hall–Kier alpha value is -3.22. The van der Waals surface area contributed by atoms with Crippen LogP contribution in [0.1, 0.15) is 26.3 Å². The molecule has 24 heavy (non-hydrogen) atoms. The van der Waals surface area contributed by atoms with Gasteiger partial charge in [0.25, 0.3) is 17.4 Å². The van der Waals surface area contributed by atoms with Crippen molar-refractivity contribution in [1.29, 1.82) is 0 Å². The zero-order valence-electron chi connectivity index (χ0n) is 13.0. The van der Waals surface area contributed by atoms with Crippen molar-refractivity contribution in [2.45, 2.75) is 6.54 Å². The Morgan fingerprint density at radius 1 is 1.00 bits per heavy atom. The quantitative estimate of drug-likeness (QED) is 0.819. The van der Waals surface area contributed by atoms with Crippen molar-refractivity contribution < 1.29 is 14.4 Å². The van der Waals surface area contributed by atoms with Gasteiger partial charge < -0.3 is 9.88 Å². The molecule has 0 atom stereocenters. The van der Waals surface area contributed by atoms with Crippen LogP contribution >= 0.6 is 0 Å². The summed E-state index contributed by atoms with van der Waals surface area (Å²) in [7, 11) is 1.62. The summed E-state index contributed by atoms with van der Waals surface area (Å²) < 4.78 is 1.41. The zero-order chi connectivity index (χ0) is 17.3. The number of nitrogens with one attached hydrogen (secondary N) is 1. The van der Waals surface area contributed by atoms with E-state index in [-0.39, 0.29) is 18.6 Å². The van der Waals surface area contributed by atoms with Crippen LogP contribution in [0.5, 0.6) is 0 Å². The molecular formula is C17H15N3O4. The van der Waals surface area contributed by atoms with Gasteiger partial charge in [-0.25, -0.2) is 0 Å². The van der Waals surface area contributed by atoms with E-state index in [4.69, 9.17) is 0 Å². The summed E-state index contributed by atoms with van der Waals surface area (Å²) in [6.07, 6.45) is 1.62. The van der Waals surface area contributed by atoms with Crippen LogP contribution in [-0.4, -0.2) is 33.7 Å². The number of imide groups is 1. The lowest BCUT2D eigenvalue weighted by molar-refractivity contribution is -0.121. The van der Waals surface area contributed by atoms with E-state index < -0.39 is 17.7 Å². The van der Waals surface area contributed by atoms with Gasteiger partial charge in [-0.2, -0.15) is 0 Å². The smallest absolute Gasteiger partial charge is 0.262 e. The van der Waals surface area contributed by atoms with Crippen molar-refractivity contribution in [3.05, 3.63) is 69.6 Å². The second kappa shape index (κ2) is 6.11. The van der Waals surface area contributed by atoms with Crippen molar-refractivity contribution in [3.63, 3.8) is 0 Å². The van der Waals surface area contributed by atoms with Gasteiger partial charge in [0, 0.05) is 25.4 Å². The average molecular weight is 325 g/mol. The van der Waals surface area contributed by atoms with Crippen LogP contribution in [-0.2, 0) is 18.4 Å². The minimum atomic E-state index is -0.504. The molecule has 1 aromatic heterocycles. The molecule has 7 heteroatoms. The summed E-state index contributed by atoms with van der Waals surface area (Å²) in [5, 5.41) is 2.56. The summed E-state index contributed by atoms with van der Waals surface area (Å²) in [4.78, 5) is 49.2. The van der Waals surface area contributed by atoms with E-state index in [0.29, 0.717) is 16.7 Å². The van der Waals surface area contributed by atoms with Crippen LogP contribution in [0.2, 0.25) is 0 Å². The lowest BCUT2D eigenvalue weighted by atomic mass is 10.1. The number of nitrogens with zero attached hydrogens (tertiary/aromatic N) is 2. The van der Waals surface area contributed by atoms with Crippen molar-refractivity contribution in [2.75, 3.05) is 6.54 Å². The van der Waals surface area contributed by atoms with Gasteiger partial charge in [-0.15, -0.1) is 0 Å². The molecule has 0 spiro atoms. The van der Waals surface area contributed by atoms with Gasteiger partial charge >= 0.3 is 0 Å². The fraction of sp³-hybridized carbons (Fsp3) is 0.176. The number of hydrogen-bond donors (Lipinski definition) is 1. The topological polar surface area (TPSA) is 88.5 Å². The third-order valence-electron chi connectivity index (χ3n) is 3.86. The predicted molar refractivity (Wildman–Crippen MR) is 85.3 cm³/mol. The molecule has 0 saturated heterocycles. The number of hydrogen-bond acceptors (Lipinski definition) is 4. The van der Waals surface area contributed by atoms with Crippen LogP contribution in [0.25, 0.3) is 0 Å². The molecule has 0 saturated carbocycles. The van der Waals surface area contributed by atoms with E-state index in [0.717, 1.165) is 4.90 Å². The summed E-state index contributed by atoms with van der Waals surface area (Å²) in [6, 6.07) is 9.76. The normalized spacial score (nSPS) is 13.1. The molecule has 1 aliphatic rings. The third kappa shape index (κ3) is 2.71. The number of carbonyl (C=O) groups excluding carboxylic acids is 3. The Kier molecular flexibility index (Phi) is 3.99. The molecule has 7 nitrogen and oxygen atoms in total. The van der Waals surface area contributed by atoms with Gasteiger partial charge in [0.2, 0.25) is 5.91 Å². The van der Waals surface area contributed by atoms with E-state index in [1.165, 1.54) is 4.57 Å². The molecular weight excluding hydrogens is 310 g/mol. The molecule has 0 unspecified atom stereocenters. The Morgan fingerprint density at radius 2 is 1.62 bits per heavy atom. The first-order valence-electron chi connectivity index (χ1n) is 7.35. The zero-order valence-corrected chi connectivity index (χ0v) is 13.0. The van der Waals surface area contributed by atoms with E-state index in [2.05, 4.69) is 5.32 Å². The van der Waals surface area contributed by atoms with Crippen molar-refractivity contribution >= 4 is 17.7 Å².